The van der Waals surface area contributed by atoms with E-state index >= 15 is 0 Å². The summed E-state index contributed by atoms with van der Waals surface area (Å²) in [7, 11) is 0. The van der Waals surface area contributed by atoms with Crippen LogP contribution in [0.5, 0.6) is 0 Å². The molecule has 0 aliphatic carbocycles. The zero-order valence-corrected chi connectivity index (χ0v) is 19.0. The molecule has 10 heteroatoms. The molecular weight excluding hydrogens is 446 g/mol. The monoisotopic (exact) mass is 470 g/mol. The summed E-state index contributed by atoms with van der Waals surface area (Å²) in [6, 6.07) is 9.85. The quantitative estimate of drug-likeness (QED) is 0.635. The van der Waals surface area contributed by atoms with Gasteiger partial charge in [-0.25, -0.2) is 14.2 Å². The average molecular weight is 471 g/mol. The van der Waals surface area contributed by atoms with E-state index < -0.39 is 17.5 Å². The summed E-state index contributed by atoms with van der Waals surface area (Å²) >= 11 is 1.24. The van der Waals surface area contributed by atoms with Crippen molar-refractivity contribution >= 4 is 28.5 Å². The highest BCUT2D eigenvalue weighted by Crippen LogP contribution is 2.35. The highest BCUT2D eigenvalue weighted by molar-refractivity contribution is 8.14. The fourth-order valence-electron chi connectivity index (χ4n) is 4.26. The minimum absolute atomic E-state index is 0.0193. The van der Waals surface area contributed by atoms with Gasteiger partial charge in [0.1, 0.15) is 17.8 Å². The first-order valence-electron chi connectivity index (χ1n) is 10.7. The number of carbonyl (C=O) groups excluding carboxylic acids is 1. The summed E-state index contributed by atoms with van der Waals surface area (Å²) in [4.78, 5) is 14.3. The Morgan fingerprint density at radius 2 is 2.03 bits per heavy atom. The van der Waals surface area contributed by atoms with Crippen molar-refractivity contribution in [3.8, 4) is 0 Å². The zero-order chi connectivity index (χ0) is 23.1. The van der Waals surface area contributed by atoms with Gasteiger partial charge < -0.3 is 15.2 Å². The van der Waals surface area contributed by atoms with Crippen LogP contribution >= 0.6 is 11.8 Å². The number of halogens is 2. The summed E-state index contributed by atoms with van der Waals surface area (Å²) in [6.45, 7) is 4.23. The van der Waals surface area contributed by atoms with E-state index in [1.54, 1.807) is 0 Å². The van der Waals surface area contributed by atoms with Gasteiger partial charge in [-0.2, -0.15) is 5.10 Å². The van der Waals surface area contributed by atoms with Gasteiger partial charge in [0.15, 0.2) is 5.17 Å². The smallest absolute Gasteiger partial charge is 0.234 e. The number of hydrogen-bond acceptors (Lipinski definition) is 7. The minimum atomic E-state index is -0.680. The average Bonchev–Trinajstić information content (AvgIpc) is 3.40. The largest absolute Gasteiger partial charge is 0.323 e. The number of hydrazone groups is 1. The Balaban J connectivity index is 1.20. The third-order valence-electron chi connectivity index (χ3n) is 6.17. The molecule has 7 nitrogen and oxygen atoms in total. The molecule has 3 aliphatic heterocycles. The number of rotatable bonds is 4. The maximum atomic E-state index is 13.8. The van der Waals surface area contributed by atoms with Crippen molar-refractivity contribution < 1.29 is 13.6 Å². The van der Waals surface area contributed by atoms with Gasteiger partial charge in [0, 0.05) is 18.5 Å². The second-order valence-electron chi connectivity index (χ2n) is 8.37. The molecule has 1 fully saturated rings. The molecule has 5 rings (SSSR count). The van der Waals surface area contributed by atoms with Crippen LogP contribution in [0, 0.1) is 25.5 Å². The fourth-order valence-corrected chi connectivity index (χ4v) is 5.03. The van der Waals surface area contributed by atoms with Crippen LogP contribution < -0.4 is 16.2 Å². The molecule has 0 spiro atoms. The second kappa shape index (κ2) is 8.68. The lowest BCUT2D eigenvalue weighted by atomic mass is 9.97. The van der Waals surface area contributed by atoms with Crippen LogP contribution in [0.1, 0.15) is 29.2 Å². The van der Waals surface area contributed by atoms with E-state index in [2.05, 4.69) is 58.3 Å². The molecule has 3 atom stereocenters. The van der Waals surface area contributed by atoms with Gasteiger partial charge in [0.2, 0.25) is 5.91 Å². The second-order valence-corrected chi connectivity index (χ2v) is 9.31. The number of carbonyl (C=O) groups is 1. The van der Waals surface area contributed by atoms with Gasteiger partial charge in [-0.05, 0) is 49.1 Å². The van der Waals surface area contributed by atoms with Gasteiger partial charge in [-0.1, -0.05) is 30.0 Å². The van der Waals surface area contributed by atoms with Crippen molar-refractivity contribution in [3.05, 3.63) is 77.1 Å². The van der Waals surface area contributed by atoms with E-state index in [4.69, 9.17) is 0 Å². The van der Waals surface area contributed by atoms with E-state index in [1.807, 2.05) is 17.3 Å². The predicted octanol–water partition coefficient (Wildman–Crippen LogP) is 3.56. The van der Waals surface area contributed by atoms with Crippen molar-refractivity contribution in [2.24, 2.45) is 5.10 Å². The van der Waals surface area contributed by atoms with Gasteiger partial charge in [0.05, 0.1) is 23.5 Å². The summed E-state index contributed by atoms with van der Waals surface area (Å²) in [6.07, 6.45) is 4.74. The van der Waals surface area contributed by atoms with E-state index in [0.29, 0.717) is 5.17 Å². The number of amides is 1. The lowest BCUT2D eigenvalue weighted by molar-refractivity contribution is -0.113. The zero-order valence-electron chi connectivity index (χ0n) is 18.2. The number of thioether (sulfide) groups is 1. The van der Waals surface area contributed by atoms with Crippen molar-refractivity contribution in [2.75, 3.05) is 11.1 Å². The number of amidine groups is 1. The lowest BCUT2D eigenvalue weighted by Crippen LogP contribution is -2.54. The molecule has 2 aromatic rings. The third-order valence-corrected chi connectivity index (χ3v) is 7.14. The first-order chi connectivity index (χ1) is 15.9. The first kappa shape index (κ1) is 21.7. The Hall–Kier alpha value is -3.11. The predicted molar refractivity (Wildman–Crippen MR) is 125 cm³/mol. The van der Waals surface area contributed by atoms with Crippen LogP contribution in [-0.4, -0.2) is 38.9 Å². The first-order valence-corrected chi connectivity index (χ1v) is 11.7. The Bertz CT molecular complexity index is 1160. The van der Waals surface area contributed by atoms with E-state index in [1.165, 1.54) is 28.5 Å². The molecular formula is C23H24F2N6OS. The molecule has 0 aromatic heterocycles. The molecule has 0 bridgehead atoms. The number of hydrazine groups is 1. The molecule has 2 aromatic carbocycles. The Labute approximate surface area is 194 Å². The van der Waals surface area contributed by atoms with Crippen LogP contribution in [0.15, 0.2) is 53.9 Å². The van der Waals surface area contributed by atoms with Crippen molar-refractivity contribution in [2.45, 2.75) is 38.5 Å². The molecule has 172 valence electrons. The highest BCUT2D eigenvalue weighted by atomic mass is 32.2. The van der Waals surface area contributed by atoms with E-state index in [-0.39, 0.29) is 29.7 Å². The van der Waals surface area contributed by atoms with E-state index in [9.17, 15) is 13.6 Å². The molecule has 3 N–H and O–H groups in total. The topological polar surface area (TPSA) is 72.0 Å². The number of fused-ring (bicyclic) bond motifs is 3. The molecule has 0 saturated carbocycles. The van der Waals surface area contributed by atoms with Gasteiger partial charge in [-0.3, -0.25) is 10.2 Å². The van der Waals surface area contributed by atoms with Crippen LogP contribution in [-0.2, 0) is 4.79 Å². The SMILES string of the molecule is Cc1ccc(C2CC3C4NN=C(SCC(=O)Nc5cc(F)ccc5F)N4C=CN3N2)cc1C. The summed E-state index contributed by atoms with van der Waals surface area (Å²) < 4.78 is 27.1. The Morgan fingerprint density at radius 1 is 1.18 bits per heavy atom. The number of benzene rings is 2. The molecule has 1 amide bonds. The fraction of sp³-hybridized carbons (Fsp3) is 0.304. The number of nitrogens with one attached hydrogen (secondary N) is 3. The van der Waals surface area contributed by atoms with Gasteiger partial charge in [0.25, 0.3) is 0 Å². The summed E-state index contributed by atoms with van der Waals surface area (Å²) in [5.74, 6) is -1.71. The maximum Gasteiger partial charge on any atom is 0.234 e. The minimum Gasteiger partial charge on any atom is -0.323 e. The Morgan fingerprint density at radius 3 is 2.85 bits per heavy atom. The number of nitrogens with zero attached hydrogens (tertiary/aromatic N) is 3. The summed E-state index contributed by atoms with van der Waals surface area (Å²) in [5.41, 5.74) is 10.4. The standard InChI is InChI=1S/C23H24F2N6OS/c1-13-3-4-15(9-14(13)2)18-11-20-22-27-28-23(30(22)7-8-31(20)29-18)33-12-21(32)26-19-10-16(24)5-6-17(19)25/h3-10,18,20,22,27,29H,11-12H2,1-2H3,(H,26,32). The highest BCUT2D eigenvalue weighted by Gasteiger charge is 2.44. The van der Waals surface area contributed by atoms with Gasteiger partial charge >= 0.3 is 0 Å². The van der Waals surface area contributed by atoms with Crippen LogP contribution in [0.2, 0.25) is 0 Å². The molecule has 1 saturated heterocycles. The number of hydrogen-bond donors (Lipinski definition) is 3. The van der Waals surface area contributed by atoms with Crippen LogP contribution in [0.25, 0.3) is 0 Å². The maximum absolute atomic E-state index is 13.8. The van der Waals surface area contributed by atoms with Crippen molar-refractivity contribution in [1.29, 1.82) is 0 Å². The lowest BCUT2D eigenvalue weighted by Gasteiger charge is -2.36. The normalized spacial score (nSPS) is 23.2. The van der Waals surface area contributed by atoms with Crippen molar-refractivity contribution in [3.63, 3.8) is 0 Å². The third kappa shape index (κ3) is 4.28. The molecule has 33 heavy (non-hydrogen) atoms. The van der Waals surface area contributed by atoms with Crippen molar-refractivity contribution in [1.82, 2.24) is 20.8 Å². The van der Waals surface area contributed by atoms with Crippen LogP contribution in [0.3, 0.4) is 0 Å². The molecule has 0 radical (unpaired) electrons. The molecule has 3 unspecified atom stereocenters. The molecule has 3 aliphatic rings. The van der Waals surface area contributed by atoms with E-state index in [0.717, 1.165) is 24.6 Å². The van der Waals surface area contributed by atoms with Crippen LogP contribution in [0.4, 0.5) is 14.5 Å². The Kier molecular flexibility index (Phi) is 5.71. The number of anilines is 1. The van der Waals surface area contributed by atoms with Gasteiger partial charge in [-0.15, -0.1) is 0 Å². The number of aryl methyl sites for hydroxylation is 2. The molecule has 3 heterocycles. The summed E-state index contributed by atoms with van der Waals surface area (Å²) in [5, 5.41) is 9.58.